The summed E-state index contributed by atoms with van der Waals surface area (Å²) < 4.78 is 16.1. The van der Waals surface area contributed by atoms with E-state index in [9.17, 15) is 0 Å². The van der Waals surface area contributed by atoms with Crippen molar-refractivity contribution in [3.63, 3.8) is 0 Å². The minimum Gasteiger partial charge on any atom is -0.459 e. The molecule has 2 N–H and O–H groups in total. The zero-order valence-electron chi connectivity index (χ0n) is 13.8. The number of guanidine groups is 1. The molecule has 0 bridgehead atoms. The lowest BCUT2D eigenvalue weighted by atomic mass is 10.2. The molecular weight excluding hydrogens is 294 g/mol. The lowest BCUT2D eigenvalue weighted by Gasteiger charge is -2.11. The Labute approximate surface area is 136 Å². The molecule has 126 valence electrons. The van der Waals surface area contributed by atoms with E-state index in [0.29, 0.717) is 26.4 Å². The highest BCUT2D eigenvalue weighted by molar-refractivity contribution is 5.80. The Morgan fingerprint density at radius 3 is 2.83 bits per heavy atom. The molecule has 2 rings (SSSR count). The monoisotopic (exact) mass is 319 g/mol. The molecule has 0 aliphatic heterocycles. The van der Waals surface area contributed by atoms with Crippen LogP contribution in [-0.2, 0) is 16.0 Å². The van der Waals surface area contributed by atoms with Crippen LogP contribution in [0.15, 0.2) is 39.7 Å². The number of para-hydroxylation sites is 1. The molecule has 0 aliphatic carbocycles. The Balaban J connectivity index is 1.66. The maximum Gasteiger partial charge on any atom is 0.191 e. The molecule has 23 heavy (non-hydrogen) atoms. The van der Waals surface area contributed by atoms with Gasteiger partial charge in [0.2, 0.25) is 0 Å². The third kappa shape index (κ3) is 5.92. The van der Waals surface area contributed by atoms with Gasteiger partial charge in [-0.05, 0) is 18.6 Å². The van der Waals surface area contributed by atoms with E-state index in [0.717, 1.165) is 35.7 Å². The van der Waals surface area contributed by atoms with Crippen LogP contribution in [0.5, 0.6) is 0 Å². The lowest BCUT2D eigenvalue weighted by Crippen LogP contribution is -2.37. The summed E-state index contributed by atoms with van der Waals surface area (Å²) in [5, 5.41) is 7.60. The van der Waals surface area contributed by atoms with Gasteiger partial charge in [-0.3, -0.25) is 4.99 Å². The Hall–Kier alpha value is -2.05. The molecule has 1 heterocycles. The van der Waals surface area contributed by atoms with Gasteiger partial charge in [-0.15, -0.1) is 0 Å². The van der Waals surface area contributed by atoms with Crippen molar-refractivity contribution in [2.75, 3.05) is 40.5 Å². The SMILES string of the molecule is CN=C(NCCCOCCOC)NCc1cc2ccccc2o1. The first-order chi connectivity index (χ1) is 11.3. The summed E-state index contributed by atoms with van der Waals surface area (Å²) in [5.74, 6) is 1.64. The van der Waals surface area contributed by atoms with E-state index in [-0.39, 0.29) is 0 Å². The topological polar surface area (TPSA) is 68.0 Å². The number of ether oxygens (including phenoxy) is 2. The number of hydrogen-bond acceptors (Lipinski definition) is 4. The van der Waals surface area contributed by atoms with Gasteiger partial charge in [0.25, 0.3) is 0 Å². The van der Waals surface area contributed by atoms with Crippen LogP contribution in [0.4, 0.5) is 0 Å². The van der Waals surface area contributed by atoms with E-state index < -0.39 is 0 Å². The number of nitrogens with zero attached hydrogens (tertiary/aromatic N) is 1. The van der Waals surface area contributed by atoms with E-state index in [1.54, 1.807) is 14.2 Å². The second-order valence-electron chi connectivity index (χ2n) is 5.06. The summed E-state index contributed by atoms with van der Waals surface area (Å²) in [6.07, 6.45) is 0.912. The van der Waals surface area contributed by atoms with Gasteiger partial charge in [0.05, 0.1) is 19.8 Å². The first-order valence-corrected chi connectivity index (χ1v) is 7.82. The average Bonchev–Trinajstić information content (AvgIpc) is 2.99. The molecule has 1 aromatic carbocycles. The molecule has 2 aromatic rings. The molecule has 0 aliphatic rings. The summed E-state index contributed by atoms with van der Waals surface area (Å²) in [6, 6.07) is 10.0. The predicted molar refractivity (Wildman–Crippen MR) is 91.7 cm³/mol. The summed E-state index contributed by atoms with van der Waals surface area (Å²) in [5.41, 5.74) is 0.903. The Morgan fingerprint density at radius 2 is 2.04 bits per heavy atom. The van der Waals surface area contributed by atoms with Crippen molar-refractivity contribution >= 4 is 16.9 Å². The number of benzene rings is 1. The van der Waals surface area contributed by atoms with Gasteiger partial charge in [0.1, 0.15) is 11.3 Å². The predicted octanol–water partition coefficient (Wildman–Crippen LogP) is 2.15. The van der Waals surface area contributed by atoms with Crippen molar-refractivity contribution < 1.29 is 13.9 Å². The van der Waals surface area contributed by atoms with Crippen LogP contribution < -0.4 is 10.6 Å². The van der Waals surface area contributed by atoms with E-state index in [2.05, 4.69) is 15.6 Å². The zero-order valence-corrected chi connectivity index (χ0v) is 13.8. The summed E-state index contributed by atoms with van der Waals surface area (Å²) in [4.78, 5) is 4.20. The second-order valence-corrected chi connectivity index (χ2v) is 5.06. The molecular formula is C17H25N3O3. The summed E-state index contributed by atoms with van der Waals surface area (Å²) in [6.45, 7) is 3.37. The number of rotatable bonds is 9. The van der Waals surface area contributed by atoms with Crippen LogP contribution >= 0.6 is 0 Å². The highest BCUT2D eigenvalue weighted by Crippen LogP contribution is 2.18. The molecule has 6 nitrogen and oxygen atoms in total. The van der Waals surface area contributed by atoms with Crippen LogP contribution in [0.1, 0.15) is 12.2 Å². The van der Waals surface area contributed by atoms with Gasteiger partial charge in [-0.2, -0.15) is 0 Å². The molecule has 0 saturated carbocycles. The molecule has 0 saturated heterocycles. The second kappa shape index (κ2) is 9.86. The van der Waals surface area contributed by atoms with Crippen LogP contribution in [0.2, 0.25) is 0 Å². The van der Waals surface area contributed by atoms with Crippen LogP contribution in [0.25, 0.3) is 11.0 Å². The van der Waals surface area contributed by atoms with E-state index in [1.165, 1.54) is 0 Å². The maximum absolute atomic E-state index is 5.77. The zero-order chi connectivity index (χ0) is 16.3. The maximum atomic E-state index is 5.77. The third-order valence-corrected chi connectivity index (χ3v) is 3.32. The van der Waals surface area contributed by atoms with Crippen LogP contribution in [0.3, 0.4) is 0 Å². The molecule has 0 unspecified atom stereocenters. The fourth-order valence-corrected chi connectivity index (χ4v) is 2.14. The largest absolute Gasteiger partial charge is 0.459 e. The van der Waals surface area contributed by atoms with Crippen LogP contribution in [-0.4, -0.2) is 46.5 Å². The fourth-order valence-electron chi connectivity index (χ4n) is 2.14. The van der Waals surface area contributed by atoms with E-state index in [4.69, 9.17) is 13.9 Å². The summed E-state index contributed by atoms with van der Waals surface area (Å²) >= 11 is 0. The molecule has 0 fully saturated rings. The number of methoxy groups -OCH3 is 1. The minimum atomic E-state index is 0.596. The number of nitrogens with one attached hydrogen (secondary N) is 2. The fraction of sp³-hybridized carbons (Fsp3) is 0.471. The highest BCUT2D eigenvalue weighted by Gasteiger charge is 2.04. The molecule has 0 amide bonds. The standard InChI is InChI=1S/C17H25N3O3/c1-18-17(19-8-5-9-22-11-10-21-2)20-13-15-12-14-6-3-4-7-16(14)23-15/h3-4,6-7,12H,5,8-11,13H2,1-2H3,(H2,18,19,20). The Bertz CT molecular complexity index is 577. The molecule has 0 atom stereocenters. The lowest BCUT2D eigenvalue weighted by molar-refractivity contribution is 0.0698. The average molecular weight is 319 g/mol. The number of fused-ring (bicyclic) bond motifs is 1. The highest BCUT2D eigenvalue weighted by atomic mass is 16.5. The van der Waals surface area contributed by atoms with E-state index >= 15 is 0 Å². The van der Waals surface area contributed by atoms with Crippen molar-refractivity contribution in [3.8, 4) is 0 Å². The van der Waals surface area contributed by atoms with E-state index in [1.807, 2.05) is 30.3 Å². The smallest absolute Gasteiger partial charge is 0.191 e. The molecule has 0 spiro atoms. The van der Waals surface area contributed by atoms with Gasteiger partial charge in [0, 0.05) is 32.7 Å². The summed E-state index contributed by atoms with van der Waals surface area (Å²) in [7, 11) is 3.42. The van der Waals surface area contributed by atoms with Gasteiger partial charge in [0.15, 0.2) is 5.96 Å². The quantitative estimate of drug-likeness (QED) is 0.421. The molecule has 6 heteroatoms. The van der Waals surface area contributed by atoms with Gasteiger partial charge < -0.3 is 24.5 Å². The van der Waals surface area contributed by atoms with Crippen molar-refractivity contribution in [2.24, 2.45) is 4.99 Å². The van der Waals surface area contributed by atoms with Crippen LogP contribution in [0, 0.1) is 0 Å². The minimum absolute atomic E-state index is 0.596. The van der Waals surface area contributed by atoms with Crippen molar-refractivity contribution in [1.29, 1.82) is 0 Å². The normalized spacial score (nSPS) is 11.8. The van der Waals surface area contributed by atoms with Gasteiger partial charge in [-0.25, -0.2) is 0 Å². The van der Waals surface area contributed by atoms with Gasteiger partial charge >= 0.3 is 0 Å². The third-order valence-electron chi connectivity index (χ3n) is 3.32. The molecule has 0 radical (unpaired) electrons. The van der Waals surface area contributed by atoms with Crippen molar-refractivity contribution in [1.82, 2.24) is 10.6 Å². The number of hydrogen-bond donors (Lipinski definition) is 2. The number of furan rings is 1. The van der Waals surface area contributed by atoms with Gasteiger partial charge in [-0.1, -0.05) is 18.2 Å². The Morgan fingerprint density at radius 1 is 1.17 bits per heavy atom. The number of aliphatic imine (C=N–C) groups is 1. The van der Waals surface area contributed by atoms with Crippen molar-refractivity contribution in [2.45, 2.75) is 13.0 Å². The molecule has 1 aromatic heterocycles. The first kappa shape index (κ1) is 17.3. The first-order valence-electron chi connectivity index (χ1n) is 7.82. The Kier molecular flexibility index (Phi) is 7.42. The van der Waals surface area contributed by atoms with Crippen molar-refractivity contribution in [3.05, 3.63) is 36.1 Å².